The van der Waals surface area contributed by atoms with E-state index in [1.165, 1.54) is 6.42 Å². The van der Waals surface area contributed by atoms with Crippen LogP contribution in [0.4, 0.5) is 0 Å². The molecule has 2 atom stereocenters. The number of hydrogen-bond acceptors (Lipinski definition) is 3. The zero-order chi connectivity index (χ0) is 11.4. The molecule has 0 radical (unpaired) electrons. The van der Waals surface area contributed by atoms with Crippen LogP contribution in [-0.4, -0.2) is 55.0 Å². The molecule has 0 aromatic carbocycles. The zero-order valence-corrected chi connectivity index (χ0v) is 10.1. The number of piperidine rings is 1. The van der Waals surface area contributed by atoms with Crippen molar-refractivity contribution in [3.05, 3.63) is 0 Å². The third-order valence-corrected chi connectivity index (χ3v) is 2.88. The second-order valence-corrected chi connectivity index (χ2v) is 4.73. The number of rotatable bonds is 3. The van der Waals surface area contributed by atoms with Gasteiger partial charge in [0.25, 0.3) is 0 Å². The SMILES string of the molecule is C[C@H](N)C(=O)N1CCCCC1CN(C)C. The minimum atomic E-state index is -0.368. The summed E-state index contributed by atoms with van der Waals surface area (Å²) in [5.74, 6) is 0.0987. The Labute approximate surface area is 92.4 Å². The van der Waals surface area contributed by atoms with Crippen LogP contribution in [0, 0.1) is 0 Å². The van der Waals surface area contributed by atoms with Crippen LogP contribution in [0.3, 0.4) is 0 Å². The van der Waals surface area contributed by atoms with E-state index in [0.717, 1.165) is 25.9 Å². The van der Waals surface area contributed by atoms with Crippen LogP contribution in [-0.2, 0) is 4.79 Å². The second-order valence-electron chi connectivity index (χ2n) is 4.73. The van der Waals surface area contributed by atoms with Gasteiger partial charge in [-0.3, -0.25) is 4.79 Å². The molecule has 1 rings (SSSR count). The quantitative estimate of drug-likeness (QED) is 0.732. The van der Waals surface area contributed by atoms with Gasteiger partial charge in [-0.05, 0) is 40.3 Å². The Balaban J connectivity index is 2.61. The number of likely N-dealkylation sites (N-methyl/N-ethyl adjacent to an activating group) is 1. The number of carbonyl (C=O) groups is 1. The molecule has 15 heavy (non-hydrogen) atoms. The molecule has 0 saturated carbocycles. The maximum absolute atomic E-state index is 11.9. The molecule has 0 bridgehead atoms. The van der Waals surface area contributed by atoms with Crippen LogP contribution >= 0.6 is 0 Å². The van der Waals surface area contributed by atoms with E-state index in [4.69, 9.17) is 5.73 Å². The summed E-state index contributed by atoms with van der Waals surface area (Å²) in [6, 6.07) is -0.0139. The van der Waals surface area contributed by atoms with Gasteiger partial charge in [-0.2, -0.15) is 0 Å². The van der Waals surface area contributed by atoms with Crippen molar-refractivity contribution < 1.29 is 4.79 Å². The van der Waals surface area contributed by atoms with Crippen LogP contribution in [0.15, 0.2) is 0 Å². The number of likely N-dealkylation sites (tertiary alicyclic amines) is 1. The lowest BCUT2D eigenvalue weighted by Crippen LogP contribution is -2.52. The Morgan fingerprint density at radius 3 is 2.73 bits per heavy atom. The van der Waals surface area contributed by atoms with Crippen molar-refractivity contribution in [1.82, 2.24) is 9.80 Å². The van der Waals surface area contributed by atoms with Crippen molar-refractivity contribution in [3.8, 4) is 0 Å². The van der Waals surface area contributed by atoms with Crippen LogP contribution in [0.5, 0.6) is 0 Å². The molecule has 2 N–H and O–H groups in total. The fourth-order valence-corrected chi connectivity index (χ4v) is 2.16. The Morgan fingerprint density at radius 2 is 2.20 bits per heavy atom. The summed E-state index contributed by atoms with van der Waals surface area (Å²) < 4.78 is 0. The average molecular weight is 213 g/mol. The molecule has 0 aromatic heterocycles. The summed E-state index contributed by atoms with van der Waals surface area (Å²) >= 11 is 0. The Morgan fingerprint density at radius 1 is 1.53 bits per heavy atom. The first-order valence-corrected chi connectivity index (χ1v) is 5.73. The highest BCUT2D eigenvalue weighted by Crippen LogP contribution is 2.18. The van der Waals surface area contributed by atoms with Crippen LogP contribution in [0.25, 0.3) is 0 Å². The molecule has 1 fully saturated rings. The van der Waals surface area contributed by atoms with Gasteiger partial charge in [0, 0.05) is 19.1 Å². The summed E-state index contributed by atoms with van der Waals surface area (Å²) in [4.78, 5) is 16.0. The largest absolute Gasteiger partial charge is 0.337 e. The highest BCUT2D eigenvalue weighted by Gasteiger charge is 2.28. The fraction of sp³-hybridized carbons (Fsp3) is 0.909. The summed E-state index contributed by atoms with van der Waals surface area (Å²) in [7, 11) is 4.09. The molecule has 1 aliphatic heterocycles. The lowest BCUT2D eigenvalue weighted by Gasteiger charge is -2.38. The topological polar surface area (TPSA) is 49.6 Å². The number of nitrogens with two attached hydrogens (primary N) is 1. The molecule has 1 heterocycles. The van der Waals surface area contributed by atoms with Crippen molar-refractivity contribution in [2.75, 3.05) is 27.2 Å². The van der Waals surface area contributed by atoms with Crippen molar-refractivity contribution >= 4 is 5.91 Å². The lowest BCUT2D eigenvalue weighted by atomic mass is 10.0. The van der Waals surface area contributed by atoms with Crippen LogP contribution in [0.2, 0.25) is 0 Å². The van der Waals surface area contributed by atoms with Crippen molar-refractivity contribution in [2.45, 2.75) is 38.3 Å². The molecular weight excluding hydrogens is 190 g/mol. The molecule has 1 amide bonds. The van der Waals surface area contributed by atoms with E-state index in [2.05, 4.69) is 4.90 Å². The fourth-order valence-electron chi connectivity index (χ4n) is 2.16. The molecule has 0 spiro atoms. The standard InChI is InChI=1S/C11H23N3O/c1-9(12)11(15)14-7-5-4-6-10(14)8-13(2)3/h9-10H,4-8,12H2,1-3H3/t9-,10?/m0/s1. The summed E-state index contributed by atoms with van der Waals surface area (Å²) in [5, 5.41) is 0. The minimum Gasteiger partial charge on any atom is -0.337 e. The predicted octanol–water partition coefficient (Wildman–Crippen LogP) is 0.276. The van der Waals surface area contributed by atoms with E-state index in [0.29, 0.717) is 6.04 Å². The lowest BCUT2D eigenvalue weighted by molar-refractivity contribution is -0.136. The van der Waals surface area contributed by atoms with E-state index in [1.54, 1.807) is 6.92 Å². The Hall–Kier alpha value is -0.610. The normalized spacial score (nSPS) is 24.3. The van der Waals surface area contributed by atoms with Crippen molar-refractivity contribution in [1.29, 1.82) is 0 Å². The molecule has 1 unspecified atom stereocenters. The monoisotopic (exact) mass is 213 g/mol. The Bertz CT molecular complexity index is 216. The first kappa shape index (κ1) is 12.5. The molecule has 4 heteroatoms. The Kier molecular flexibility index (Phi) is 4.54. The highest BCUT2D eigenvalue weighted by molar-refractivity contribution is 5.81. The average Bonchev–Trinajstić information content (AvgIpc) is 2.16. The third-order valence-electron chi connectivity index (χ3n) is 2.88. The number of amides is 1. The van der Waals surface area contributed by atoms with Gasteiger partial charge in [-0.25, -0.2) is 0 Å². The van der Waals surface area contributed by atoms with Gasteiger partial charge in [-0.15, -0.1) is 0 Å². The minimum absolute atomic E-state index is 0.0987. The van der Waals surface area contributed by atoms with Gasteiger partial charge >= 0.3 is 0 Å². The van der Waals surface area contributed by atoms with Gasteiger partial charge < -0.3 is 15.5 Å². The van der Waals surface area contributed by atoms with E-state index >= 15 is 0 Å². The first-order chi connectivity index (χ1) is 7.02. The molecule has 88 valence electrons. The van der Waals surface area contributed by atoms with Crippen LogP contribution < -0.4 is 5.73 Å². The molecule has 1 aliphatic rings. The van der Waals surface area contributed by atoms with Crippen LogP contribution in [0.1, 0.15) is 26.2 Å². The molecular formula is C11H23N3O. The number of carbonyl (C=O) groups excluding carboxylic acids is 1. The van der Waals surface area contributed by atoms with Gasteiger partial charge in [0.15, 0.2) is 0 Å². The van der Waals surface area contributed by atoms with Gasteiger partial charge in [0.2, 0.25) is 5.91 Å². The third kappa shape index (κ3) is 3.47. The smallest absolute Gasteiger partial charge is 0.239 e. The van der Waals surface area contributed by atoms with E-state index < -0.39 is 0 Å². The van der Waals surface area contributed by atoms with E-state index in [1.807, 2.05) is 19.0 Å². The zero-order valence-electron chi connectivity index (χ0n) is 10.1. The van der Waals surface area contributed by atoms with Gasteiger partial charge in [0.1, 0.15) is 0 Å². The maximum Gasteiger partial charge on any atom is 0.239 e. The van der Waals surface area contributed by atoms with E-state index in [9.17, 15) is 4.79 Å². The molecule has 0 aliphatic carbocycles. The van der Waals surface area contributed by atoms with Crippen molar-refractivity contribution in [2.24, 2.45) is 5.73 Å². The first-order valence-electron chi connectivity index (χ1n) is 5.73. The molecule has 1 saturated heterocycles. The summed E-state index contributed by atoms with van der Waals surface area (Å²) in [6.45, 7) is 3.58. The maximum atomic E-state index is 11.9. The highest BCUT2D eigenvalue weighted by atomic mass is 16.2. The molecule has 4 nitrogen and oxygen atoms in total. The van der Waals surface area contributed by atoms with Crippen molar-refractivity contribution in [3.63, 3.8) is 0 Å². The van der Waals surface area contributed by atoms with Gasteiger partial charge in [-0.1, -0.05) is 0 Å². The summed E-state index contributed by atoms with van der Waals surface area (Å²) in [6.07, 6.45) is 3.44. The molecule has 0 aromatic rings. The predicted molar refractivity (Wildman–Crippen MR) is 61.6 cm³/mol. The van der Waals surface area contributed by atoms with Gasteiger partial charge in [0.05, 0.1) is 6.04 Å². The number of hydrogen-bond donors (Lipinski definition) is 1. The number of nitrogens with zero attached hydrogens (tertiary/aromatic N) is 2. The second kappa shape index (κ2) is 5.47. The van der Waals surface area contributed by atoms with E-state index in [-0.39, 0.29) is 11.9 Å². The summed E-state index contributed by atoms with van der Waals surface area (Å²) in [5.41, 5.74) is 5.65.